The van der Waals surface area contributed by atoms with Gasteiger partial charge in [-0.15, -0.1) is 11.3 Å². The third kappa shape index (κ3) is 3.01. The summed E-state index contributed by atoms with van der Waals surface area (Å²) in [6.07, 6.45) is 0.783. The van der Waals surface area contributed by atoms with Gasteiger partial charge in [0.15, 0.2) is 5.69 Å². The molecule has 0 spiro atoms. The SMILES string of the molecule is COC(=O)c1c(N)c(C#N)cn1-c1ccc(C(O)c2cccs2)cc1. The highest BCUT2D eigenvalue weighted by atomic mass is 32.1. The van der Waals surface area contributed by atoms with Crippen molar-refractivity contribution < 1.29 is 14.6 Å². The molecule has 1 atom stereocenters. The van der Waals surface area contributed by atoms with Crippen LogP contribution in [0.1, 0.15) is 32.6 Å². The van der Waals surface area contributed by atoms with Gasteiger partial charge in [0.05, 0.1) is 18.4 Å². The number of nitrogens with zero attached hydrogens (tertiary/aromatic N) is 2. The Kier molecular flexibility index (Phi) is 4.57. The van der Waals surface area contributed by atoms with Crippen LogP contribution in [0.15, 0.2) is 48.0 Å². The molecule has 25 heavy (non-hydrogen) atoms. The second-order valence-electron chi connectivity index (χ2n) is 5.29. The predicted octanol–water partition coefficient (Wildman–Crippen LogP) is 2.86. The molecule has 3 N–H and O–H groups in total. The maximum Gasteiger partial charge on any atom is 0.357 e. The van der Waals surface area contributed by atoms with E-state index < -0.39 is 12.1 Å². The minimum absolute atomic E-state index is 0.0806. The predicted molar refractivity (Wildman–Crippen MR) is 94.6 cm³/mol. The molecule has 2 heterocycles. The molecule has 7 heteroatoms. The summed E-state index contributed by atoms with van der Waals surface area (Å²) in [5.74, 6) is -0.623. The summed E-state index contributed by atoms with van der Waals surface area (Å²) < 4.78 is 6.28. The Hall–Kier alpha value is -3.08. The van der Waals surface area contributed by atoms with Crippen LogP contribution in [0.3, 0.4) is 0 Å². The van der Waals surface area contributed by atoms with Crippen molar-refractivity contribution >= 4 is 23.0 Å². The van der Waals surface area contributed by atoms with Gasteiger partial charge in [0.25, 0.3) is 0 Å². The van der Waals surface area contributed by atoms with Crippen LogP contribution in [-0.2, 0) is 4.74 Å². The fraction of sp³-hybridized carbons (Fsp3) is 0.111. The van der Waals surface area contributed by atoms with Gasteiger partial charge in [-0.2, -0.15) is 5.26 Å². The number of nitrogen functional groups attached to an aromatic ring is 1. The normalized spacial score (nSPS) is 11.7. The lowest BCUT2D eigenvalue weighted by Gasteiger charge is -2.12. The van der Waals surface area contributed by atoms with Crippen LogP contribution in [0.4, 0.5) is 5.69 Å². The number of aromatic nitrogens is 1. The number of aliphatic hydroxyl groups is 1. The van der Waals surface area contributed by atoms with E-state index in [4.69, 9.17) is 15.7 Å². The number of nitrogens with two attached hydrogens (primary N) is 1. The third-order valence-corrected chi connectivity index (χ3v) is 4.77. The summed E-state index contributed by atoms with van der Waals surface area (Å²) >= 11 is 1.48. The standard InChI is InChI=1S/C18H15N3O3S/c1-24-18(23)16-15(20)12(9-19)10-21(16)13-6-4-11(5-7-13)17(22)14-3-2-8-25-14/h2-8,10,17,22H,20H2,1H3. The molecular formula is C18H15N3O3S. The summed E-state index contributed by atoms with van der Waals surface area (Å²) in [4.78, 5) is 12.9. The number of hydrogen-bond donors (Lipinski definition) is 2. The lowest BCUT2D eigenvalue weighted by atomic mass is 10.1. The van der Waals surface area contributed by atoms with E-state index in [1.807, 2.05) is 23.6 Å². The second kappa shape index (κ2) is 6.81. The van der Waals surface area contributed by atoms with Gasteiger partial charge in [-0.05, 0) is 29.1 Å². The molecule has 3 rings (SSSR count). The van der Waals surface area contributed by atoms with Crippen LogP contribution in [0.25, 0.3) is 5.69 Å². The molecule has 1 aromatic carbocycles. The average molecular weight is 353 g/mol. The molecule has 3 aromatic rings. The molecule has 0 aliphatic heterocycles. The number of anilines is 1. The monoisotopic (exact) mass is 353 g/mol. The number of carbonyl (C=O) groups excluding carboxylic acids is 1. The maximum absolute atomic E-state index is 12.0. The Labute approximate surface area is 148 Å². The van der Waals surface area contributed by atoms with Crippen molar-refractivity contribution in [3.8, 4) is 11.8 Å². The van der Waals surface area contributed by atoms with Crippen LogP contribution in [0.5, 0.6) is 0 Å². The fourth-order valence-corrected chi connectivity index (χ4v) is 3.28. The van der Waals surface area contributed by atoms with Crippen LogP contribution in [-0.4, -0.2) is 22.8 Å². The summed E-state index contributed by atoms with van der Waals surface area (Å²) in [7, 11) is 1.26. The highest BCUT2D eigenvalue weighted by Crippen LogP contribution is 2.28. The van der Waals surface area contributed by atoms with Crippen LogP contribution < -0.4 is 5.73 Å². The number of esters is 1. The Morgan fingerprint density at radius 2 is 2.08 bits per heavy atom. The topological polar surface area (TPSA) is 101 Å². The van der Waals surface area contributed by atoms with E-state index >= 15 is 0 Å². The highest BCUT2D eigenvalue weighted by molar-refractivity contribution is 7.10. The first kappa shape index (κ1) is 16.8. The molecule has 126 valence electrons. The van der Waals surface area contributed by atoms with E-state index in [-0.39, 0.29) is 16.9 Å². The van der Waals surface area contributed by atoms with Gasteiger partial charge in [0, 0.05) is 16.8 Å². The molecule has 0 aliphatic carbocycles. The fourth-order valence-electron chi connectivity index (χ4n) is 2.55. The molecule has 1 unspecified atom stereocenters. The summed E-state index contributed by atoms with van der Waals surface area (Å²) in [6.45, 7) is 0. The van der Waals surface area contributed by atoms with Crippen molar-refractivity contribution in [2.75, 3.05) is 12.8 Å². The van der Waals surface area contributed by atoms with E-state index in [0.717, 1.165) is 10.4 Å². The van der Waals surface area contributed by atoms with E-state index in [9.17, 15) is 9.90 Å². The van der Waals surface area contributed by atoms with Crippen molar-refractivity contribution in [2.24, 2.45) is 0 Å². The van der Waals surface area contributed by atoms with Crippen molar-refractivity contribution in [3.63, 3.8) is 0 Å². The number of methoxy groups -OCH3 is 1. The molecule has 6 nitrogen and oxygen atoms in total. The van der Waals surface area contributed by atoms with Gasteiger partial charge in [0.2, 0.25) is 0 Å². The molecule has 0 amide bonds. The van der Waals surface area contributed by atoms with Crippen LogP contribution in [0, 0.1) is 11.3 Å². The molecular weight excluding hydrogens is 338 g/mol. The molecule has 0 aliphatic rings. The Balaban J connectivity index is 2.01. The number of rotatable bonds is 4. The van der Waals surface area contributed by atoms with Crippen molar-refractivity contribution in [1.29, 1.82) is 5.26 Å². The van der Waals surface area contributed by atoms with Gasteiger partial charge >= 0.3 is 5.97 Å². The van der Waals surface area contributed by atoms with Crippen molar-refractivity contribution in [2.45, 2.75) is 6.10 Å². The molecule has 0 fully saturated rings. The number of aliphatic hydroxyl groups excluding tert-OH is 1. The smallest absolute Gasteiger partial charge is 0.357 e. The maximum atomic E-state index is 12.0. The lowest BCUT2D eigenvalue weighted by molar-refractivity contribution is 0.0593. The number of hydrogen-bond acceptors (Lipinski definition) is 6. The highest BCUT2D eigenvalue weighted by Gasteiger charge is 2.22. The van der Waals surface area contributed by atoms with E-state index in [1.165, 1.54) is 29.2 Å². The van der Waals surface area contributed by atoms with Gasteiger partial charge in [-0.3, -0.25) is 0 Å². The molecule has 0 bridgehead atoms. The third-order valence-electron chi connectivity index (χ3n) is 3.84. The molecule has 2 aromatic heterocycles. The minimum Gasteiger partial charge on any atom is -0.464 e. The first-order valence-corrected chi connectivity index (χ1v) is 8.25. The van der Waals surface area contributed by atoms with E-state index in [0.29, 0.717) is 5.69 Å². The number of thiophene rings is 1. The molecule has 0 saturated carbocycles. The average Bonchev–Trinajstić information content (AvgIpc) is 3.28. The van der Waals surface area contributed by atoms with Crippen molar-refractivity contribution in [1.82, 2.24) is 4.57 Å². The minimum atomic E-state index is -0.710. The van der Waals surface area contributed by atoms with Crippen LogP contribution in [0.2, 0.25) is 0 Å². The largest absolute Gasteiger partial charge is 0.464 e. The van der Waals surface area contributed by atoms with Gasteiger partial charge in [-0.25, -0.2) is 4.79 Å². The zero-order valence-electron chi connectivity index (χ0n) is 13.3. The summed E-state index contributed by atoms with van der Waals surface area (Å²) in [6, 6.07) is 12.7. The Morgan fingerprint density at radius 1 is 1.36 bits per heavy atom. The quantitative estimate of drug-likeness (QED) is 0.702. The second-order valence-corrected chi connectivity index (χ2v) is 6.27. The first-order valence-electron chi connectivity index (χ1n) is 7.37. The Morgan fingerprint density at radius 3 is 2.64 bits per heavy atom. The molecule has 0 saturated heterocycles. The Bertz CT molecular complexity index is 937. The van der Waals surface area contributed by atoms with Crippen molar-refractivity contribution in [3.05, 3.63) is 69.7 Å². The van der Waals surface area contributed by atoms with Gasteiger partial charge < -0.3 is 20.1 Å². The lowest BCUT2D eigenvalue weighted by Crippen LogP contribution is -2.11. The summed E-state index contributed by atoms with van der Waals surface area (Å²) in [5, 5.41) is 21.4. The molecule has 0 radical (unpaired) electrons. The zero-order chi connectivity index (χ0) is 18.0. The summed E-state index contributed by atoms with van der Waals surface area (Å²) in [5.41, 5.74) is 7.63. The number of ether oxygens (including phenoxy) is 1. The number of carbonyl (C=O) groups is 1. The first-order chi connectivity index (χ1) is 12.1. The van der Waals surface area contributed by atoms with Gasteiger partial charge in [0.1, 0.15) is 12.2 Å². The number of benzene rings is 1. The van der Waals surface area contributed by atoms with Crippen LogP contribution >= 0.6 is 11.3 Å². The zero-order valence-corrected chi connectivity index (χ0v) is 14.2. The number of nitriles is 1. The van der Waals surface area contributed by atoms with E-state index in [2.05, 4.69) is 0 Å². The van der Waals surface area contributed by atoms with E-state index in [1.54, 1.807) is 24.3 Å². The van der Waals surface area contributed by atoms with Gasteiger partial charge in [-0.1, -0.05) is 18.2 Å².